The summed E-state index contributed by atoms with van der Waals surface area (Å²) >= 11 is 6.03. The van der Waals surface area contributed by atoms with Crippen molar-refractivity contribution in [3.63, 3.8) is 0 Å². The standard InChI is InChI=1S/C13H19ClN2O/c1-16(9-10-5-7-17-8-6-10)12-4-2-3-11(14)13(12)15/h2-4,10H,5-9,15H2,1H3. The van der Waals surface area contributed by atoms with Gasteiger partial charge < -0.3 is 15.4 Å². The highest BCUT2D eigenvalue weighted by molar-refractivity contribution is 6.33. The van der Waals surface area contributed by atoms with Crippen LogP contribution in [0, 0.1) is 5.92 Å². The van der Waals surface area contributed by atoms with Crippen molar-refractivity contribution < 1.29 is 4.74 Å². The Kier molecular flexibility index (Phi) is 4.13. The molecule has 0 saturated carbocycles. The molecule has 0 amide bonds. The molecule has 2 rings (SSSR count). The molecule has 1 aromatic rings. The van der Waals surface area contributed by atoms with Crippen molar-refractivity contribution in [3.8, 4) is 0 Å². The minimum atomic E-state index is 0.626. The Bertz CT molecular complexity index is 378. The molecule has 3 nitrogen and oxygen atoms in total. The number of anilines is 2. The van der Waals surface area contributed by atoms with Crippen molar-refractivity contribution in [1.29, 1.82) is 0 Å². The fraction of sp³-hybridized carbons (Fsp3) is 0.538. The maximum absolute atomic E-state index is 6.03. The summed E-state index contributed by atoms with van der Waals surface area (Å²) in [5.74, 6) is 0.687. The van der Waals surface area contributed by atoms with Gasteiger partial charge in [-0.3, -0.25) is 0 Å². The van der Waals surface area contributed by atoms with Gasteiger partial charge in [-0.05, 0) is 30.9 Å². The topological polar surface area (TPSA) is 38.5 Å². The van der Waals surface area contributed by atoms with Crippen LogP contribution in [0.4, 0.5) is 11.4 Å². The molecule has 4 heteroatoms. The first-order valence-electron chi connectivity index (χ1n) is 6.01. The Balaban J connectivity index is 2.03. The zero-order valence-electron chi connectivity index (χ0n) is 10.2. The highest BCUT2D eigenvalue weighted by Gasteiger charge is 2.17. The van der Waals surface area contributed by atoms with Crippen LogP contribution in [0.2, 0.25) is 5.02 Å². The summed E-state index contributed by atoms with van der Waals surface area (Å²) in [7, 11) is 2.07. The Morgan fingerprint density at radius 3 is 2.82 bits per heavy atom. The number of halogens is 1. The first-order chi connectivity index (χ1) is 8.18. The van der Waals surface area contributed by atoms with E-state index in [9.17, 15) is 0 Å². The summed E-state index contributed by atoms with van der Waals surface area (Å²) in [5.41, 5.74) is 7.68. The summed E-state index contributed by atoms with van der Waals surface area (Å²) in [6.07, 6.45) is 2.26. The number of benzene rings is 1. The number of hydrogen-bond donors (Lipinski definition) is 1. The predicted molar refractivity (Wildman–Crippen MR) is 72.7 cm³/mol. The molecule has 0 radical (unpaired) electrons. The van der Waals surface area contributed by atoms with Gasteiger partial charge in [0.2, 0.25) is 0 Å². The number of nitrogen functional groups attached to an aromatic ring is 1. The van der Waals surface area contributed by atoms with E-state index in [1.165, 1.54) is 0 Å². The zero-order chi connectivity index (χ0) is 12.3. The van der Waals surface area contributed by atoms with E-state index in [1.807, 2.05) is 18.2 Å². The molecule has 94 valence electrons. The molecule has 1 fully saturated rings. The molecule has 1 aliphatic rings. The molecule has 1 saturated heterocycles. The Hall–Kier alpha value is -0.930. The summed E-state index contributed by atoms with van der Waals surface area (Å²) in [6.45, 7) is 2.76. The van der Waals surface area contributed by atoms with Crippen LogP contribution < -0.4 is 10.6 Å². The molecule has 1 aliphatic heterocycles. The average molecular weight is 255 g/mol. The Morgan fingerprint density at radius 1 is 1.41 bits per heavy atom. The minimum Gasteiger partial charge on any atom is -0.396 e. The zero-order valence-corrected chi connectivity index (χ0v) is 10.9. The largest absolute Gasteiger partial charge is 0.396 e. The highest BCUT2D eigenvalue weighted by atomic mass is 35.5. The Morgan fingerprint density at radius 2 is 2.12 bits per heavy atom. The number of nitrogens with two attached hydrogens (primary N) is 1. The van der Waals surface area contributed by atoms with Gasteiger partial charge in [0.05, 0.1) is 16.4 Å². The molecule has 2 N–H and O–H groups in total. The van der Waals surface area contributed by atoms with Crippen molar-refractivity contribution in [2.45, 2.75) is 12.8 Å². The van der Waals surface area contributed by atoms with Gasteiger partial charge in [0.1, 0.15) is 0 Å². The van der Waals surface area contributed by atoms with Crippen molar-refractivity contribution in [2.24, 2.45) is 5.92 Å². The van der Waals surface area contributed by atoms with Crippen LogP contribution in [-0.2, 0) is 4.74 Å². The lowest BCUT2D eigenvalue weighted by molar-refractivity contribution is 0.0685. The molecule has 0 bridgehead atoms. The second-order valence-corrected chi connectivity index (χ2v) is 5.02. The molecule has 1 aromatic carbocycles. The summed E-state index contributed by atoms with van der Waals surface area (Å²) < 4.78 is 5.37. The minimum absolute atomic E-state index is 0.626. The number of hydrogen-bond acceptors (Lipinski definition) is 3. The van der Waals surface area contributed by atoms with Crippen LogP contribution >= 0.6 is 11.6 Å². The third kappa shape index (κ3) is 3.05. The van der Waals surface area contributed by atoms with E-state index in [-0.39, 0.29) is 0 Å². The molecule has 0 unspecified atom stereocenters. The van der Waals surface area contributed by atoms with E-state index < -0.39 is 0 Å². The van der Waals surface area contributed by atoms with Crippen LogP contribution in [0.1, 0.15) is 12.8 Å². The van der Waals surface area contributed by atoms with Gasteiger partial charge in [0.25, 0.3) is 0 Å². The van der Waals surface area contributed by atoms with Crippen LogP contribution in [0.15, 0.2) is 18.2 Å². The van der Waals surface area contributed by atoms with Crippen molar-refractivity contribution >= 4 is 23.0 Å². The third-order valence-electron chi connectivity index (χ3n) is 3.31. The molecular weight excluding hydrogens is 236 g/mol. The summed E-state index contributed by atoms with van der Waals surface area (Å²) in [6, 6.07) is 5.78. The second kappa shape index (κ2) is 5.61. The van der Waals surface area contributed by atoms with Crippen molar-refractivity contribution in [1.82, 2.24) is 0 Å². The fourth-order valence-corrected chi connectivity index (χ4v) is 2.44. The van der Waals surface area contributed by atoms with Gasteiger partial charge in [0, 0.05) is 26.8 Å². The van der Waals surface area contributed by atoms with Crippen LogP contribution in [0.3, 0.4) is 0 Å². The van der Waals surface area contributed by atoms with Gasteiger partial charge in [0.15, 0.2) is 0 Å². The summed E-state index contributed by atoms with van der Waals surface area (Å²) in [4.78, 5) is 2.19. The van der Waals surface area contributed by atoms with Gasteiger partial charge in [-0.15, -0.1) is 0 Å². The smallest absolute Gasteiger partial charge is 0.0741 e. The normalized spacial score (nSPS) is 17.1. The maximum Gasteiger partial charge on any atom is 0.0741 e. The predicted octanol–water partition coefficient (Wildman–Crippen LogP) is 2.79. The van der Waals surface area contributed by atoms with E-state index >= 15 is 0 Å². The van der Waals surface area contributed by atoms with E-state index in [0.29, 0.717) is 16.6 Å². The maximum atomic E-state index is 6.03. The van der Waals surface area contributed by atoms with Gasteiger partial charge in [-0.2, -0.15) is 0 Å². The van der Waals surface area contributed by atoms with Crippen molar-refractivity contribution in [3.05, 3.63) is 23.2 Å². The lowest BCUT2D eigenvalue weighted by atomic mass is 9.99. The van der Waals surface area contributed by atoms with Crippen LogP contribution in [-0.4, -0.2) is 26.8 Å². The molecule has 0 aromatic heterocycles. The van der Waals surface area contributed by atoms with Crippen LogP contribution in [0.5, 0.6) is 0 Å². The first-order valence-corrected chi connectivity index (χ1v) is 6.39. The van der Waals surface area contributed by atoms with E-state index in [4.69, 9.17) is 22.1 Å². The third-order valence-corrected chi connectivity index (χ3v) is 3.64. The monoisotopic (exact) mass is 254 g/mol. The Labute approximate surface area is 107 Å². The van der Waals surface area contributed by atoms with Crippen molar-refractivity contribution in [2.75, 3.05) is 37.4 Å². The average Bonchev–Trinajstić information content (AvgIpc) is 2.34. The van der Waals surface area contributed by atoms with Crippen LogP contribution in [0.25, 0.3) is 0 Å². The molecule has 0 spiro atoms. The lowest BCUT2D eigenvalue weighted by Crippen LogP contribution is -2.30. The number of rotatable bonds is 3. The van der Waals surface area contributed by atoms with E-state index in [2.05, 4.69) is 11.9 Å². The summed E-state index contributed by atoms with van der Waals surface area (Å²) in [5, 5.41) is 0.626. The number of ether oxygens (including phenoxy) is 1. The van der Waals surface area contributed by atoms with Gasteiger partial charge >= 0.3 is 0 Å². The number of nitrogens with zero attached hydrogens (tertiary/aromatic N) is 1. The van der Waals surface area contributed by atoms with Gasteiger partial charge in [-0.1, -0.05) is 17.7 Å². The number of para-hydroxylation sites is 1. The molecular formula is C13H19ClN2O. The SMILES string of the molecule is CN(CC1CCOCC1)c1cccc(Cl)c1N. The highest BCUT2D eigenvalue weighted by Crippen LogP contribution is 2.30. The lowest BCUT2D eigenvalue weighted by Gasteiger charge is -2.29. The molecule has 17 heavy (non-hydrogen) atoms. The second-order valence-electron chi connectivity index (χ2n) is 4.61. The molecule has 1 heterocycles. The molecule has 0 atom stereocenters. The first kappa shape index (κ1) is 12.5. The quantitative estimate of drug-likeness (QED) is 0.843. The fourth-order valence-electron chi connectivity index (χ4n) is 2.27. The van der Waals surface area contributed by atoms with E-state index in [0.717, 1.165) is 38.3 Å². The van der Waals surface area contributed by atoms with Gasteiger partial charge in [-0.25, -0.2) is 0 Å². The van der Waals surface area contributed by atoms with E-state index in [1.54, 1.807) is 0 Å². The molecule has 0 aliphatic carbocycles.